The molecule has 0 aromatic heterocycles. The zero-order valence-corrected chi connectivity index (χ0v) is 12.8. The number of hydrogen-bond donors (Lipinski definition) is 4. The molecule has 0 unspecified atom stereocenters. The van der Waals surface area contributed by atoms with E-state index in [9.17, 15) is 9.59 Å². The van der Waals surface area contributed by atoms with Crippen LogP contribution in [0.25, 0.3) is 0 Å². The molecule has 0 aliphatic rings. The van der Waals surface area contributed by atoms with Crippen LogP contribution in [0.2, 0.25) is 0 Å². The minimum Gasteiger partial charge on any atom is -0.461 e. The Morgan fingerprint density at radius 3 is 1.27 bits per heavy atom. The molecule has 0 amide bonds. The molecule has 0 heterocycles. The fourth-order valence-electron chi connectivity index (χ4n) is 1.09. The lowest BCUT2D eigenvalue weighted by Gasteiger charge is -2.22. The molecule has 0 aromatic carbocycles. The van der Waals surface area contributed by atoms with Crippen LogP contribution >= 0.6 is 0 Å². The zero-order valence-electron chi connectivity index (χ0n) is 12.8. The van der Waals surface area contributed by atoms with Gasteiger partial charge in [0, 0.05) is 0 Å². The summed E-state index contributed by atoms with van der Waals surface area (Å²) >= 11 is 0. The van der Waals surface area contributed by atoms with Gasteiger partial charge in [-0.25, -0.2) is 0 Å². The van der Waals surface area contributed by atoms with Gasteiger partial charge >= 0.3 is 11.9 Å². The van der Waals surface area contributed by atoms with Crippen LogP contribution in [-0.4, -0.2) is 72.0 Å². The first-order chi connectivity index (χ1) is 10.3. The number of carbonyl (C=O) groups excluding carboxylic acids is 2. The van der Waals surface area contributed by atoms with Crippen LogP contribution in [0, 0.1) is 10.8 Å². The SMILES string of the molecule is CC(CO)(CO)C(=O)OCC=CCOC(=O)C(C)(CO)CO. The van der Waals surface area contributed by atoms with E-state index in [0.29, 0.717) is 0 Å². The first-order valence-electron chi connectivity index (χ1n) is 6.72. The van der Waals surface area contributed by atoms with E-state index in [1.807, 2.05) is 0 Å². The second-order valence-electron chi connectivity index (χ2n) is 5.42. The van der Waals surface area contributed by atoms with Crippen molar-refractivity contribution in [2.75, 3.05) is 39.6 Å². The predicted molar refractivity (Wildman–Crippen MR) is 75.6 cm³/mol. The molecule has 0 atom stereocenters. The minimum atomic E-state index is -1.36. The van der Waals surface area contributed by atoms with Crippen LogP contribution in [0.5, 0.6) is 0 Å². The zero-order chi connectivity index (χ0) is 17.2. The maximum Gasteiger partial charge on any atom is 0.316 e. The van der Waals surface area contributed by atoms with Gasteiger partial charge in [-0.2, -0.15) is 0 Å². The Bertz CT molecular complexity index is 346. The third-order valence-electron chi connectivity index (χ3n) is 3.17. The van der Waals surface area contributed by atoms with Crippen LogP contribution < -0.4 is 0 Å². The monoisotopic (exact) mass is 320 g/mol. The fraction of sp³-hybridized carbons (Fsp3) is 0.714. The van der Waals surface area contributed by atoms with Crippen molar-refractivity contribution in [3.05, 3.63) is 12.2 Å². The van der Waals surface area contributed by atoms with Gasteiger partial charge in [0.2, 0.25) is 0 Å². The predicted octanol–water partition coefficient (Wildman–Crippen LogP) is -1.39. The van der Waals surface area contributed by atoms with Crippen molar-refractivity contribution in [1.29, 1.82) is 0 Å². The van der Waals surface area contributed by atoms with E-state index >= 15 is 0 Å². The molecule has 8 nitrogen and oxygen atoms in total. The summed E-state index contributed by atoms with van der Waals surface area (Å²) in [5.41, 5.74) is -2.71. The summed E-state index contributed by atoms with van der Waals surface area (Å²) in [7, 11) is 0. The van der Waals surface area contributed by atoms with Crippen molar-refractivity contribution in [2.45, 2.75) is 13.8 Å². The summed E-state index contributed by atoms with van der Waals surface area (Å²) in [4.78, 5) is 23.1. The molecule has 4 N–H and O–H groups in total. The Kier molecular flexibility index (Phi) is 8.88. The Labute approximate surface area is 129 Å². The van der Waals surface area contributed by atoms with E-state index < -0.39 is 49.2 Å². The maximum absolute atomic E-state index is 11.6. The van der Waals surface area contributed by atoms with Gasteiger partial charge in [-0.1, -0.05) is 0 Å². The lowest BCUT2D eigenvalue weighted by atomic mass is 9.93. The molecule has 0 fully saturated rings. The second-order valence-corrected chi connectivity index (χ2v) is 5.42. The molecule has 0 rings (SSSR count). The fourth-order valence-corrected chi connectivity index (χ4v) is 1.09. The molecule has 0 aromatic rings. The molecule has 0 bridgehead atoms. The van der Waals surface area contributed by atoms with Crippen LogP contribution in [0.1, 0.15) is 13.8 Å². The molecule has 0 spiro atoms. The highest BCUT2D eigenvalue weighted by Crippen LogP contribution is 2.17. The van der Waals surface area contributed by atoms with E-state index in [1.54, 1.807) is 0 Å². The van der Waals surface area contributed by atoms with Gasteiger partial charge in [0.1, 0.15) is 24.0 Å². The molecule has 8 heteroatoms. The standard InChI is InChI=1S/C14H24O8/c1-13(7-15,8-16)11(19)21-5-3-4-6-22-12(20)14(2,9-17)10-18/h3-4,15-18H,5-10H2,1-2H3. The minimum absolute atomic E-state index is 0.108. The number of carbonyl (C=O) groups is 2. The van der Waals surface area contributed by atoms with E-state index in [4.69, 9.17) is 29.9 Å². The lowest BCUT2D eigenvalue weighted by molar-refractivity contribution is -0.160. The number of aliphatic hydroxyl groups excluding tert-OH is 4. The number of hydrogen-bond acceptors (Lipinski definition) is 8. The van der Waals surface area contributed by atoms with Gasteiger partial charge < -0.3 is 29.9 Å². The molecule has 0 aliphatic carbocycles. The normalized spacial score (nSPS) is 12.5. The van der Waals surface area contributed by atoms with Crippen molar-refractivity contribution in [2.24, 2.45) is 10.8 Å². The van der Waals surface area contributed by atoms with Crippen LogP contribution in [-0.2, 0) is 19.1 Å². The quantitative estimate of drug-likeness (QED) is 0.286. The number of ether oxygens (including phenoxy) is 2. The smallest absolute Gasteiger partial charge is 0.316 e. The molecule has 22 heavy (non-hydrogen) atoms. The Balaban J connectivity index is 4.13. The molecule has 0 saturated heterocycles. The van der Waals surface area contributed by atoms with Crippen LogP contribution in [0.3, 0.4) is 0 Å². The highest BCUT2D eigenvalue weighted by atomic mass is 16.5. The molecule has 0 radical (unpaired) electrons. The van der Waals surface area contributed by atoms with E-state index in [2.05, 4.69) is 0 Å². The second kappa shape index (κ2) is 9.52. The Morgan fingerprint density at radius 1 is 0.773 bits per heavy atom. The summed E-state index contributed by atoms with van der Waals surface area (Å²) in [6.45, 7) is 0.369. The molecule has 128 valence electrons. The van der Waals surface area contributed by atoms with Crippen molar-refractivity contribution in [1.82, 2.24) is 0 Å². The van der Waals surface area contributed by atoms with Crippen molar-refractivity contribution >= 4 is 11.9 Å². The molecular formula is C14H24O8. The van der Waals surface area contributed by atoms with Gasteiger partial charge in [-0.15, -0.1) is 0 Å². The average molecular weight is 320 g/mol. The van der Waals surface area contributed by atoms with Crippen molar-refractivity contribution in [3.63, 3.8) is 0 Å². The summed E-state index contributed by atoms with van der Waals surface area (Å²) in [6.07, 6.45) is 2.85. The number of aliphatic hydroxyl groups is 4. The van der Waals surface area contributed by atoms with Crippen LogP contribution in [0.15, 0.2) is 12.2 Å². The lowest BCUT2D eigenvalue weighted by Crippen LogP contribution is -2.37. The third-order valence-corrected chi connectivity index (χ3v) is 3.17. The van der Waals surface area contributed by atoms with Gasteiger partial charge in [-0.3, -0.25) is 9.59 Å². The summed E-state index contributed by atoms with van der Waals surface area (Å²) in [6, 6.07) is 0. The first-order valence-corrected chi connectivity index (χ1v) is 6.72. The summed E-state index contributed by atoms with van der Waals surface area (Å²) in [5, 5.41) is 36.0. The van der Waals surface area contributed by atoms with Gasteiger partial charge in [0.25, 0.3) is 0 Å². The third kappa shape index (κ3) is 5.72. The summed E-state index contributed by atoms with van der Waals surface area (Å²) < 4.78 is 9.68. The molecular weight excluding hydrogens is 296 g/mol. The molecule has 0 aliphatic heterocycles. The van der Waals surface area contributed by atoms with Gasteiger partial charge in [0.15, 0.2) is 0 Å². The van der Waals surface area contributed by atoms with Gasteiger partial charge in [0.05, 0.1) is 26.4 Å². The summed E-state index contributed by atoms with van der Waals surface area (Å²) in [5.74, 6) is -1.49. The highest BCUT2D eigenvalue weighted by Gasteiger charge is 2.34. The van der Waals surface area contributed by atoms with Crippen LogP contribution in [0.4, 0.5) is 0 Å². The van der Waals surface area contributed by atoms with E-state index in [-0.39, 0.29) is 13.2 Å². The Morgan fingerprint density at radius 2 is 1.05 bits per heavy atom. The first kappa shape index (κ1) is 20.5. The Hall–Kier alpha value is -1.48. The topological polar surface area (TPSA) is 134 Å². The average Bonchev–Trinajstić information content (AvgIpc) is 2.55. The van der Waals surface area contributed by atoms with Crippen molar-refractivity contribution in [3.8, 4) is 0 Å². The van der Waals surface area contributed by atoms with Gasteiger partial charge in [-0.05, 0) is 26.0 Å². The largest absolute Gasteiger partial charge is 0.461 e. The highest BCUT2D eigenvalue weighted by molar-refractivity contribution is 5.77. The van der Waals surface area contributed by atoms with E-state index in [1.165, 1.54) is 26.0 Å². The number of rotatable bonds is 10. The maximum atomic E-state index is 11.6. The number of esters is 2. The molecule has 0 saturated carbocycles. The van der Waals surface area contributed by atoms with Crippen molar-refractivity contribution < 1.29 is 39.5 Å². The van der Waals surface area contributed by atoms with E-state index in [0.717, 1.165) is 0 Å².